The topological polar surface area (TPSA) is 94.5 Å². The lowest BCUT2D eigenvalue weighted by Crippen LogP contribution is -2.50. The van der Waals surface area contributed by atoms with Crippen molar-refractivity contribution in [2.45, 2.75) is 25.8 Å². The lowest BCUT2D eigenvalue weighted by atomic mass is 9.81. The third-order valence-electron chi connectivity index (χ3n) is 6.64. The molecule has 1 aliphatic heterocycles. The maximum absolute atomic E-state index is 13.6. The van der Waals surface area contributed by atoms with Gasteiger partial charge < -0.3 is 20.1 Å². The van der Waals surface area contributed by atoms with Crippen molar-refractivity contribution in [3.8, 4) is 17.2 Å². The van der Waals surface area contributed by atoms with E-state index in [2.05, 4.69) is 10.6 Å². The van der Waals surface area contributed by atoms with E-state index in [1.807, 2.05) is 68.4 Å². The highest BCUT2D eigenvalue weighted by Gasteiger charge is 2.41. The van der Waals surface area contributed by atoms with Gasteiger partial charge in [0.05, 0.1) is 25.6 Å². The first kappa shape index (κ1) is 24.1. The van der Waals surface area contributed by atoms with Gasteiger partial charge >= 0.3 is 0 Å². The minimum absolute atomic E-state index is 0.316. The van der Waals surface area contributed by atoms with Crippen LogP contribution in [0.3, 0.4) is 0 Å². The van der Waals surface area contributed by atoms with Crippen molar-refractivity contribution in [3.05, 3.63) is 101 Å². The Morgan fingerprint density at radius 1 is 0.946 bits per heavy atom. The molecule has 0 bridgehead atoms. The van der Waals surface area contributed by atoms with Gasteiger partial charge in [-0.3, -0.25) is 9.59 Å². The monoisotopic (exact) mass is 496 g/mol. The molecule has 4 aromatic rings. The number of hydrogen-bond acceptors (Lipinski definition) is 5. The SMILES string of the molecule is COc1ccc(C(=O)N[C@@H]2C(=O)Nc3c(c(C)nn3-c3ccccc3)[C@H]2c2ccc(C)cc2)cc1OC. The van der Waals surface area contributed by atoms with Crippen LogP contribution in [0, 0.1) is 13.8 Å². The van der Waals surface area contributed by atoms with Gasteiger partial charge in [0.2, 0.25) is 5.91 Å². The predicted molar refractivity (Wildman–Crippen MR) is 141 cm³/mol. The number of ether oxygens (including phenoxy) is 2. The van der Waals surface area contributed by atoms with Gasteiger partial charge in [0.1, 0.15) is 11.9 Å². The number of aryl methyl sites for hydroxylation is 2. The van der Waals surface area contributed by atoms with Crippen LogP contribution in [-0.2, 0) is 4.79 Å². The normalized spacial score (nSPS) is 16.5. The van der Waals surface area contributed by atoms with Crippen LogP contribution in [-0.4, -0.2) is 41.9 Å². The smallest absolute Gasteiger partial charge is 0.252 e. The molecule has 2 amide bonds. The highest BCUT2D eigenvalue weighted by atomic mass is 16.5. The van der Waals surface area contributed by atoms with Crippen LogP contribution in [0.5, 0.6) is 11.5 Å². The summed E-state index contributed by atoms with van der Waals surface area (Å²) in [6.07, 6.45) is 0. The summed E-state index contributed by atoms with van der Waals surface area (Å²) >= 11 is 0. The van der Waals surface area contributed by atoms with Gasteiger partial charge in [-0.2, -0.15) is 5.10 Å². The van der Waals surface area contributed by atoms with Crippen LogP contribution < -0.4 is 20.1 Å². The van der Waals surface area contributed by atoms with E-state index >= 15 is 0 Å². The molecule has 1 aromatic heterocycles. The molecule has 8 heteroatoms. The van der Waals surface area contributed by atoms with Crippen molar-refractivity contribution in [1.29, 1.82) is 0 Å². The fourth-order valence-electron chi connectivity index (χ4n) is 4.78. The molecule has 188 valence electrons. The van der Waals surface area contributed by atoms with Gasteiger partial charge in [0.25, 0.3) is 5.91 Å². The number of nitrogens with one attached hydrogen (secondary N) is 2. The molecule has 0 saturated carbocycles. The highest BCUT2D eigenvalue weighted by molar-refractivity contribution is 6.04. The molecule has 2 N–H and O–H groups in total. The lowest BCUT2D eigenvalue weighted by molar-refractivity contribution is -0.118. The Morgan fingerprint density at radius 3 is 2.32 bits per heavy atom. The van der Waals surface area contributed by atoms with Crippen LogP contribution in [0.15, 0.2) is 72.8 Å². The van der Waals surface area contributed by atoms with Gasteiger partial charge in [0, 0.05) is 17.0 Å². The molecular weight excluding hydrogens is 468 g/mol. The quantitative estimate of drug-likeness (QED) is 0.413. The Kier molecular flexibility index (Phi) is 6.40. The van der Waals surface area contributed by atoms with E-state index in [1.54, 1.807) is 22.9 Å². The second-order valence-corrected chi connectivity index (χ2v) is 8.99. The standard InChI is InChI=1S/C29H28N4O4/c1-17-10-12-19(13-11-17)25-24-18(2)32-33(21-8-6-5-7-9-21)27(24)31-29(35)26(25)30-28(34)20-14-15-22(36-3)23(16-20)37-4/h5-16,25-26H,1-4H3,(H,30,34)(H,31,35)/t25-,26+/m1/s1. The van der Waals surface area contributed by atoms with E-state index in [9.17, 15) is 9.59 Å². The first-order valence-corrected chi connectivity index (χ1v) is 12.0. The minimum atomic E-state index is -0.858. The summed E-state index contributed by atoms with van der Waals surface area (Å²) in [6.45, 7) is 3.93. The Balaban J connectivity index is 1.58. The molecule has 37 heavy (non-hydrogen) atoms. The second kappa shape index (κ2) is 9.81. The van der Waals surface area contributed by atoms with E-state index in [4.69, 9.17) is 14.6 Å². The van der Waals surface area contributed by atoms with E-state index in [1.165, 1.54) is 14.2 Å². The Morgan fingerprint density at radius 2 is 1.65 bits per heavy atom. The maximum atomic E-state index is 13.6. The highest BCUT2D eigenvalue weighted by Crippen LogP contribution is 2.40. The minimum Gasteiger partial charge on any atom is -0.493 e. The van der Waals surface area contributed by atoms with Gasteiger partial charge in [0.15, 0.2) is 11.5 Å². The van der Waals surface area contributed by atoms with Crippen LogP contribution in [0.25, 0.3) is 5.69 Å². The molecule has 0 spiro atoms. The molecule has 0 radical (unpaired) electrons. The predicted octanol–water partition coefficient (Wildman–Crippen LogP) is 4.39. The number of amides is 2. The van der Waals surface area contributed by atoms with Crippen molar-refractivity contribution in [2.24, 2.45) is 0 Å². The first-order valence-electron chi connectivity index (χ1n) is 12.0. The van der Waals surface area contributed by atoms with Crippen LogP contribution in [0.1, 0.15) is 38.7 Å². The number of para-hydroxylation sites is 1. The Bertz CT molecular complexity index is 1460. The van der Waals surface area contributed by atoms with E-state index in [0.717, 1.165) is 28.1 Å². The van der Waals surface area contributed by atoms with Gasteiger partial charge in [-0.1, -0.05) is 48.0 Å². The van der Waals surface area contributed by atoms with Gasteiger partial charge in [-0.05, 0) is 49.7 Å². The van der Waals surface area contributed by atoms with E-state index in [-0.39, 0.29) is 5.91 Å². The number of rotatable bonds is 6. The number of carbonyl (C=O) groups is 2. The Labute approximate surface area is 215 Å². The van der Waals surface area contributed by atoms with Crippen LogP contribution >= 0.6 is 0 Å². The third kappa shape index (κ3) is 4.42. The van der Waals surface area contributed by atoms with Crippen molar-refractivity contribution in [2.75, 3.05) is 19.5 Å². The van der Waals surface area contributed by atoms with Crippen molar-refractivity contribution in [1.82, 2.24) is 15.1 Å². The lowest BCUT2D eigenvalue weighted by Gasteiger charge is -2.33. The average Bonchev–Trinajstić information content (AvgIpc) is 3.25. The molecular formula is C29H28N4O4. The molecule has 0 fully saturated rings. The zero-order valence-corrected chi connectivity index (χ0v) is 21.1. The number of nitrogens with zero attached hydrogens (tertiary/aromatic N) is 2. The molecule has 3 aromatic carbocycles. The summed E-state index contributed by atoms with van der Waals surface area (Å²) in [7, 11) is 3.04. The number of carbonyl (C=O) groups excluding carboxylic acids is 2. The zero-order valence-electron chi connectivity index (χ0n) is 21.1. The summed E-state index contributed by atoms with van der Waals surface area (Å²) in [4.78, 5) is 27.0. The van der Waals surface area contributed by atoms with E-state index in [0.29, 0.717) is 22.9 Å². The average molecular weight is 497 g/mol. The molecule has 0 unspecified atom stereocenters. The van der Waals surface area contributed by atoms with Gasteiger partial charge in [-0.25, -0.2) is 4.68 Å². The first-order chi connectivity index (χ1) is 17.9. The van der Waals surface area contributed by atoms with Crippen molar-refractivity contribution >= 4 is 17.6 Å². The number of anilines is 1. The third-order valence-corrected chi connectivity index (χ3v) is 6.64. The number of aromatic nitrogens is 2. The maximum Gasteiger partial charge on any atom is 0.252 e. The largest absolute Gasteiger partial charge is 0.493 e. The molecule has 2 heterocycles. The van der Waals surface area contributed by atoms with Crippen molar-refractivity contribution in [3.63, 3.8) is 0 Å². The number of benzene rings is 3. The molecule has 0 saturated heterocycles. The zero-order chi connectivity index (χ0) is 26.1. The Hall–Kier alpha value is -4.59. The fraction of sp³-hybridized carbons (Fsp3) is 0.207. The number of hydrogen-bond donors (Lipinski definition) is 2. The number of fused-ring (bicyclic) bond motifs is 1. The van der Waals surface area contributed by atoms with Gasteiger partial charge in [-0.15, -0.1) is 0 Å². The van der Waals surface area contributed by atoms with Crippen LogP contribution in [0.4, 0.5) is 5.82 Å². The summed E-state index contributed by atoms with van der Waals surface area (Å²) in [6, 6.07) is 21.7. The molecule has 2 atom stereocenters. The summed E-state index contributed by atoms with van der Waals surface area (Å²) in [5.74, 6) is 0.404. The van der Waals surface area contributed by atoms with Crippen molar-refractivity contribution < 1.29 is 19.1 Å². The molecule has 0 aliphatic carbocycles. The summed E-state index contributed by atoms with van der Waals surface area (Å²) in [5, 5.41) is 10.7. The van der Waals surface area contributed by atoms with E-state index < -0.39 is 17.9 Å². The fourth-order valence-corrected chi connectivity index (χ4v) is 4.78. The molecule has 1 aliphatic rings. The summed E-state index contributed by atoms with van der Waals surface area (Å²) in [5.41, 5.74) is 4.85. The molecule has 5 rings (SSSR count). The molecule has 8 nitrogen and oxygen atoms in total. The second-order valence-electron chi connectivity index (χ2n) is 8.99. The van der Waals surface area contributed by atoms with Crippen LogP contribution in [0.2, 0.25) is 0 Å². The number of methoxy groups -OCH3 is 2. The summed E-state index contributed by atoms with van der Waals surface area (Å²) < 4.78 is 12.4.